The van der Waals surface area contributed by atoms with Crippen molar-refractivity contribution in [2.24, 2.45) is 0 Å². The van der Waals surface area contributed by atoms with Crippen LogP contribution in [0.25, 0.3) is 0 Å². The van der Waals surface area contributed by atoms with Gasteiger partial charge in [0, 0.05) is 6.26 Å². The minimum Gasteiger partial charge on any atom is -0.462 e. The van der Waals surface area contributed by atoms with E-state index in [-0.39, 0.29) is 12.5 Å². The van der Waals surface area contributed by atoms with Gasteiger partial charge < -0.3 is 4.74 Å². The molecule has 0 aromatic heterocycles. The number of benzene rings is 1. The Morgan fingerprint density at radius 3 is 2.38 bits per heavy atom. The fourth-order valence-corrected chi connectivity index (χ4v) is 3.84. The van der Waals surface area contributed by atoms with Gasteiger partial charge in [-0.05, 0) is 31.2 Å². The normalized spacial score (nSPS) is 18.1. The lowest BCUT2D eigenvalue weighted by Crippen LogP contribution is -2.24. The summed E-state index contributed by atoms with van der Waals surface area (Å²) in [5.41, 5.74) is 0.639. The predicted molar refractivity (Wildman–Crippen MR) is 81.6 cm³/mol. The smallest absolute Gasteiger partial charge is 0.307 e. The van der Waals surface area contributed by atoms with Crippen LogP contribution in [0.15, 0.2) is 30.3 Å². The van der Waals surface area contributed by atoms with Crippen LogP contribution >= 0.6 is 0 Å². The van der Waals surface area contributed by atoms with Gasteiger partial charge in [-0.15, -0.1) is 0 Å². The average Bonchev–Trinajstić information content (AvgIpc) is 2.45. The molecule has 1 aromatic carbocycles. The van der Waals surface area contributed by atoms with Crippen molar-refractivity contribution >= 4 is 15.8 Å². The molecular formula is C16H22O4S. The summed E-state index contributed by atoms with van der Waals surface area (Å²) in [7, 11) is -3.35. The van der Waals surface area contributed by atoms with E-state index < -0.39 is 21.1 Å². The Balaban J connectivity index is 2.03. The molecule has 4 nitrogen and oxygen atoms in total. The molecule has 1 aliphatic carbocycles. The molecule has 0 spiro atoms. The molecule has 1 saturated carbocycles. The van der Waals surface area contributed by atoms with Crippen LogP contribution < -0.4 is 0 Å². The van der Waals surface area contributed by atoms with Crippen LogP contribution in [0.4, 0.5) is 0 Å². The topological polar surface area (TPSA) is 60.4 Å². The zero-order valence-electron chi connectivity index (χ0n) is 12.3. The molecule has 2 rings (SSSR count). The molecule has 5 heteroatoms. The fraction of sp³-hybridized carbons (Fsp3) is 0.562. The van der Waals surface area contributed by atoms with E-state index in [1.165, 1.54) is 12.7 Å². The van der Waals surface area contributed by atoms with Crippen molar-refractivity contribution in [1.82, 2.24) is 0 Å². The van der Waals surface area contributed by atoms with Crippen LogP contribution in [0.5, 0.6) is 0 Å². The number of ether oxygens (including phenoxy) is 1. The number of rotatable bonds is 5. The maximum atomic E-state index is 12.1. The molecular weight excluding hydrogens is 288 g/mol. The summed E-state index contributed by atoms with van der Waals surface area (Å²) in [4.78, 5) is 12.1. The minimum atomic E-state index is -3.35. The maximum absolute atomic E-state index is 12.1. The van der Waals surface area contributed by atoms with Crippen LogP contribution in [0, 0.1) is 0 Å². The van der Waals surface area contributed by atoms with E-state index in [2.05, 4.69) is 0 Å². The van der Waals surface area contributed by atoms with E-state index in [1.807, 2.05) is 6.07 Å². The van der Waals surface area contributed by atoms with Crippen LogP contribution in [-0.2, 0) is 19.4 Å². The summed E-state index contributed by atoms with van der Waals surface area (Å²) in [5, 5.41) is -0.824. The minimum absolute atomic E-state index is 0.0396. The first-order valence-corrected chi connectivity index (χ1v) is 9.35. The third-order valence-electron chi connectivity index (χ3n) is 3.89. The lowest BCUT2D eigenvalue weighted by atomic mass is 9.98. The van der Waals surface area contributed by atoms with Gasteiger partial charge in [-0.3, -0.25) is 4.79 Å². The fourth-order valence-electron chi connectivity index (χ4n) is 2.75. The van der Waals surface area contributed by atoms with Crippen molar-refractivity contribution in [3.63, 3.8) is 0 Å². The first-order chi connectivity index (χ1) is 9.97. The lowest BCUT2D eigenvalue weighted by Gasteiger charge is -2.23. The molecule has 0 saturated heterocycles. The number of sulfone groups is 1. The van der Waals surface area contributed by atoms with Gasteiger partial charge in [-0.1, -0.05) is 36.8 Å². The monoisotopic (exact) mass is 310 g/mol. The Morgan fingerprint density at radius 1 is 1.19 bits per heavy atom. The molecule has 0 bridgehead atoms. The van der Waals surface area contributed by atoms with E-state index in [4.69, 9.17) is 4.74 Å². The van der Waals surface area contributed by atoms with Gasteiger partial charge in [0.05, 0.1) is 11.7 Å². The van der Waals surface area contributed by atoms with Crippen molar-refractivity contribution in [3.8, 4) is 0 Å². The molecule has 0 aliphatic heterocycles. The summed E-state index contributed by atoms with van der Waals surface area (Å²) in [6.45, 7) is 0. The molecule has 1 unspecified atom stereocenters. The third kappa shape index (κ3) is 4.84. The average molecular weight is 310 g/mol. The van der Waals surface area contributed by atoms with E-state index >= 15 is 0 Å². The van der Waals surface area contributed by atoms with Gasteiger partial charge in [0.1, 0.15) is 6.10 Å². The molecule has 1 aliphatic rings. The largest absolute Gasteiger partial charge is 0.462 e. The lowest BCUT2D eigenvalue weighted by molar-refractivity contribution is -0.150. The van der Waals surface area contributed by atoms with E-state index in [0.717, 1.165) is 25.7 Å². The molecule has 0 amide bonds. The maximum Gasteiger partial charge on any atom is 0.307 e. The van der Waals surface area contributed by atoms with Gasteiger partial charge in [0.15, 0.2) is 9.84 Å². The highest BCUT2D eigenvalue weighted by atomic mass is 32.2. The van der Waals surface area contributed by atoms with Crippen LogP contribution in [0.1, 0.15) is 49.3 Å². The van der Waals surface area contributed by atoms with Gasteiger partial charge >= 0.3 is 5.97 Å². The number of hydrogen-bond donors (Lipinski definition) is 0. The standard InChI is InChI=1S/C16H22O4S/c1-21(18,19)15(13-8-4-2-5-9-13)12-16(17)20-14-10-6-3-7-11-14/h2,4-5,8-9,14-15H,3,6-7,10-12H2,1H3. The van der Waals surface area contributed by atoms with Gasteiger partial charge in [0.2, 0.25) is 0 Å². The van der Waals surface area contributed by atoms with Crippen molar-refractivity contribution in [2.45, 2.75) is 49.9 Å². The molecule has 0 radical (unpaired) electrons. The zero-order chi connectivity index (χ0) is 15.3. The molecule has 0 heterocycles. The van der Waals surface area contributed by atoms with Crippen molar-refractivity contribution in [3.05, 3.63) is 35.9 Å². The molecule has 1 aromatic rings. The molecule has 0 N–H and O–H groups in total. The van der Waals surface area contributed by atoms with Crippen molar-refractivity contribution in [2.75, 3.05) is 6.26 Å². The summed E-state index contributed by atoms with van der Waals surface area (Å²) in [6, 6.07) is 8.85. The first-order valence-electron chi connectivity index (χ1n) is 7.40. The Kier molecular flexibility index (Phi) is 5.39. The molecule has 1 atom stereocenters. The second-order valence-electron chi connectivity index (χ2n) is 5.68. The van der Waals surface area contributed by atoms with Crippen molar-refractivity contribution < 1.29 is 17.9 Å². The van der Waals surface area contributed by atoms with Crippen LogP contribution in [0.3, 0.4) is 0 Å². The SMILES string of the molecule is CS(=O)(=O)C(CC(=O)OC1CCCCC1)c1ccccc1. The quantitative estimate of drug-likeness (QED) is 0.784. The Morgan fingerprint density at radius 2 is 1.81 bits per heavy atom. The van der Waals surface area contributed by atoms with Crippen LogP contribution in [0.2, 0.25) is 0 Å². The summed E-state index contributed by atoms with van der Waals surface area (Å²) < 4.78 is 29.3. The van der Waals surface area contributed by atoms with E-state index in [9.17, 15) is 13.2 Å². The van der Waals surface area contributed by atoms with E-state index in [0.29, 0.717) is 5.56 Å². The predicted octanol–water partition coefficient (Wildman–Crippen LogP) is 3.04. The van der Waals surface area contributed by atoms with Crippen LogP contribution in [-0.4, -0.2) is 26.7 Å². The highest BCUT2D eigenvalue weighted by Crippen LogP contribution is 2.27. The number of carbonyl (C=O) groups is 1. The highest BCUT2D eigenvalue weighted by Gasteiger charge is 2.28. The van der Waals surface area contributed by atoms with Gasteiger partial charge in [-0.2, -0.15) is 0 Å². The van der Waals surface area contributed by atoms with Gasteiger partial charge in [0.25, 0.3) is 0 Å². The highest BCUT2D eigenvalue weighted by molar-refractivity contribution is 7.90. The Hall–Kier alpha value is -1.36. The van der Waals surface area contributed by atoms with Gasteiger partial charge in [-0.25, -0.2) is 8.42 Å². The molecule has 21 heavy (non-hydrogen) atoms. The number of hydrogen-bond acceptors (Lipinski definition) is 4. The summed E-state index contributed by atoms with van der Waals surface area (Å²) in [5.74, 6) is -0.416. The second-order valence-corrected chi connectivity index (χ2v) is 7.91. The number of carbonyl (C=O) groups excluding carboxylic acids is 1. The zero-order valence-corrected chi connectivity index (χ0v) is 13.1. The summed E-state index contributed by atoms with van der Waals surface area (Å²) >= 11 is 0. The third-order valence-corrected chi connectivity index (χ3v) is 5.36. The molecule has 1 fully saturated rings. The van der Waals surface area contributed by atoms with Crippen molar-refractivity contribution in [1.29, 1.82) is 0 Å². The van der Waals surface area contributed by atoms with E-state index in [1.54, 1.807) is 24.3 Å². The second kappa shape index (κ2) is 7.07. The first kappa shape index (κ1) is 16.0. The Labute approximate surface area is 126 Å². The molecule has 116 valence electrons. The Bertz CT molecular complexity index is 559. The number of esters is 1. The summed E-state index contributed by atoms with van der Waals surface area (Å²) in [6.07, 6.45) is 6.13.